The van der Waals surface area contributed by atoms with E-state index < -0.39 is 0 Å². The first-order chi connectivity index (χ1) is 7.12. The molecule has 2 N–H and O–H groups in total. The largest absolute Gasteiger partial charge is 0.393 e. The van der Waals surface area contributed by atoms with Crippen molar-refractivity contribution in [2.45, 2.75) is 64.6 Å². The Hall–Kier alpha value is -0.560. The van der Waals surface area contributed by atoms with Gasteiger partial charge in [0, 0.05) is 0 Å². The van der Waals surface area contributed by atoms with E-state index in [0.717, 1.165) is 38.5 Å². The highest BCUT2D eigenvalue weighted by Crippen LogP contribution is 2.09. The maximum Gasteiger partial charge on any atom is 0.0541 e. The van der Waals surface area contributed by atoms with E-state index in [-0.39, 0.29) is 12.2 Å². The first kappa shape index (κ1) is 16.9. The molecule has 0 bridgehead atoms. The fourth-order valence-corrected chi connectivity index (χ4v) is 1.34. The van der Waals surface area contributed by atoms with Crippen molar-refractivity contribution >= 4 is 0 Å². The van der Waals surface area contributed by atoms with Crippen molar-refractivity contribution in [1.29, 1.82) is 0 Å². The zero-order chi connectivity index (χ0) is 12.1. The van der Waals surface area contributed by atoms with Gasteiger partial charge in [-0.1, -0.05) is 39.8 Å². The second-order valence-electron chi connectivity index (χ2n) is 3.71. The molecule has 0 aliphatic carbocycles. The number of aliphatic hydroxyl groups is 2. The molecule has 15 heavy (non-hydrogen) atoms. The summed E-state index contributed by atoms with van der Waals surface area (Å²) in [5.74, 6) is 0. The van der Waals surface area contributed by atoms with Gasteiger partial charge in [-0.15, -0.1) is 5.73 Å². The van der Waals surface area contributed by atoms with Gasteiger partial charge in [0.2, 0.25) is 0 Å². The molecule has 0 amide bonds. The summed E-state index contributed by atoms with van der Waals surface area (Å²) in [5.41, 5.74) is 2.25. The SMILES string of the molecule is C=C=C.CCCC(O)CCC(O)CCC. The Morgan fingerprint density at radius 3 is 1.33 bits per heavy atom. The van der Waals surface area contributed by atoms with E-state index in [4.69, 9.17) is 0 Å². The maximum absolute atomic E-state index is 9.36. The second kappa shape index (κ2) is 13.4. The molecule has 0 fully saturated rings. The van der Waals surface area contributed by atoms with E-state index in [1.165, 1.54) is 0 Å². The predicted molar refractivity (Wildman–Crippen MR) is 65.8 cm³/mol. The van der Waals surface area contributed by atoms with Gasteiger partial charge < -0.3 is 10.2 Å². The van der Waals surface area contributed by atoms with E-state index in [9.17, 15) is 10.2 Å². The summed E-state index contributed by atoms with van der Waals surface area (Å²) in [6, 6.07) is 0. The zero-order valence-corrected chi connectivity index (χ0v) is 10.2. The molecule has 0 saturated heterocycles. The van der Waals surface area contributed by atoms with E-state index >= 15 is 0 Å². The molecule has 2 nitrogen and oxygen atoms in total. The Balaban J connectivity index is 0. The normalized spacial score (nSPS) is 13.3. The average molecular weight is 214 g/mol. The minimum absolute atomic E-state index is 0.207. The predicted octanol–water partition coefficient (Wildman–Crippen LogP) is 3.05. The Bertz CT molecular complexity index is 137. The van der Waals surface area contributed by atoms with Gasteiger partial charge in [-0.05, 0) is 25.7 Å². The number of hydrogen-bond donors (Lipinski definition) is 2. The van der Waals surface area contributed by atoms with Crippen LogP contribution in [0.2, 0.25) is 0 Å². The Morgan fingerprint density at radius 2 is 1.13 bits per heavy atom. The number of aliphatic hydroxyl groups excluding tert-OH is 2. The van der Waals surface area contributed by atoms with Crippen molar-refractivity contribution in [3.63, 3.8) is 0 Å². The third kappa shape index (κ3) is 16.1. The van der Waals surface area contributed by atoms with Crippen LogP contribution in [-0.4, -0.2) is 22.4 Å². The highest BCUT2D eigenvalue weighted by atomic mass is 16.3. The lowest BCUT2D eigenvalue weighted by Crippen LogP contribution is -2.12. The standard InChI is InChI=1S/C10H22O2.C3H4/c1-3-5-9(11)7-8-10(12)6-4-2;1-3-2/h9-12H,3-8H2,1-2H3;1-2H2. The van der Waals surface area contributed by atoms with Crippen LogP contribution in [0.3, 0.4) is 0 Å². The molecular weight excluding hydrogens is 188 g/mol. The molecule has 0 radical (unpaired) electrons. The van der Waals surface area contributed by atoms with Gasteiger partial charge in [-0.2, -0.15) is 0 Å². The Morgan fingerprint density at radius 1 is 0.867 bits per heavy atom. The molecule has 0 rings (SSSR count). The molecule has 0 aromatic rings. The number of hydrogen-bond acceptors (Lipinski definition) is 2. The highest BCUT2D eigenvalue weighted by Gasteiger charge is 2.07. The van der Waals surface area contributed by atoms with Crippen LogP contribution in [0.5, 0.6) is 0 Å². The van der Waals surface area contributed by atoms with Crippen LogP contribution in [0, 0.1) is 0 Å². The molecule has 2 heteroatoms. The van der Waals surface area contributed by atoms with Crippen LogP contribution in [0.4, 0.5) is 0 Å². The fraction of sp³-hybridized carbons (Fsp3) is 0.769. The van der Waals surface area contributed by atoms with Crippen molar-refractivity contribution in [2.75, 3.05) is 0 Å². The molecule has 0 aliphatic heterocycles. The summed E-state index contributed by atoms with van der Waals surface area (Å²) in [6.45, 7) is 10.4. The molecular formula is C13H26O2. The van der Waals surface area contributed by atoms with Gasteiger partial charge >= 0.3 is 0 Å². The van der Waals surface area contributed by atoms with Crippen LogP contribution >= 0.6 is 0 Å². The number of rotatable bonds is 7. The van der Waals surface area contributed by atoms with Crippen LogP contribution in [0.1, 0.15) is 52.4 Å². The Labute approximate surface area is 94.3 Å². The summed E-state index contributed by atoms with van der Waals surface area (Å²) in [4.78, 5) is 0. The average Bonchev–Trinajstić information content (AvgIpc) is 2.17. The van der Waals surface area contributed by atoms with Gasteiger partial charge in [-0.25, -0.2) is 0 Å². The summed E-state index contributed by atoms with van der Waals surface area (Å²) < 4.78 is 0. The molecule has 0 aromatic carbocycles. The lowest BCUT2D eigenvalue weighted by Gasteiger charge is -2.12. The minimum atomic E-state index is -0.207. The van der Waals surface area contributed by atoms with Crippen molar-refractivity contribution in [2.24, 2.45) is 0 Å². The first-order valence-electron chi connectivity index (χ1n) is 5.77. The minimum Gasteiger partial charge on any atom is -0.393 e. The third-order valence-corrected chi connectivity index (χ3v) is 2.08. The summed E-state index contributed by atoms with van der Waals surface area (Å²) >= 11 is 0. The molecule has 0 aliphatic rings. The van der Waals surface area contributed by atoms with Gasteiger partial charge in [0.15, 0.2) is 0 Å². The van der Waals surface area contributed by atoms with Crippen molar-refractivity contribution in [3.05, 3.63) is 18.9 Å². The highest BCUT2D eigenvalue weighted by molar-refractivity contribution is 4.60. The lowest BCUT2D eigenvalue weighted by atomic mass is 10.0. The summed E-state index contributed by atoms with van der Waals surface area (Å²) in [6.07, 6.45) is 4.83. The molecule has 0 spiro atoms. The molecule has 2 atom stereocenters. The second-order valence-corrected chi connectivity index (χ2v) is 3.71. The topological polar surface area (TPSA) is 40.5 Å². The van der Waals surface area contributed by atoms with E-state index in [0.29, 0.717) is 0 Å². The summed E-state index contributed by atoms with van der Waals surface area (Å²) in [5, 5.41) is 18.7. The van der Waals surface area contributed by atoms with Crippen LogP contribution in [0.25, 0.3) is 0 Å². The third-order valence-electron chi connectivity index (χ3n) is 2.08. The maximum atomic E-state index is 9.36. The van der Waals surface area contributed by atoms with E-state index in [1.54, 1.807) is 0 Å². The van der Waals surface area contributed by atoms with E-state index in [1.807, 2.05) is 0 Å². The van der Waals surface area contributed by atoms with Gasteiger partial charge in [0.05, 0.1) is 12.2 Å². The zero-order valence-electron chi connectivity index (χ0n) is 10.2. The smallest absolute Gasteiger partial charge is 0.0541 e. The van der Waals surface area contributed by atoms with Crippen molar-refractivity contribution < 1.29 is 10.2 Å². The molecule has 0 heterocycles. The first-order valence-corrected chi connectivity index (χ1v) is 5.77. The van der Waals surface area contributed by atoms with Crippen molar-refractivity contribution in [3.8, 4) is 0 Å². The summed E-state index contributed by atoms with van der Waals surface area (Å²) in [7, 11) is 0. The molecule has 0 aromatic heterocycles. The van der Waals surface area contributed by atoms with Gasteiger partial charge in [0.25, 0.3) is 0 Å². The van der Waals surface area contributed by atoms with Gasteiger partial charge in [-0.3, -0.25) is 0 Å². The van der Waals surface area contributed by atoms with Crippen LogP contribution in [0.15, 0.2) is 18.9 Å². The molecule has 0 saturated carbocycles. The molecule has 2 unspecified atom stereocenters. The van der Waals surface area contributed by atoms with Gasteiger partial charge in [0.1, 0.15) is 0 Å². The van der Waals surface area contributed by atoms with E-state index in [2.05, 4.69) is 32.7 Å². The quantitative estimate of drug-likeness (QED) is 0.639. The monoisotopic (exact) mass is 214 g/mol. The lowest BCUT2D eigenvalue weighted by molar-refractivity contribution is 0.103. The van der Waals surface area contributed by atoms with Crippen LogP contribution < -0.4 is 0 Å². The van der Waals surface area contributed by atoms with Crippen LogP contribution in [-0.2, 0) is 0 Å². The van der Waals surface area contributed by atoms with Crippen molar-refractivity contribution in [1.82, 2.24) is 0 Å². The fourth-order valence-electron chi connectivity index (χ4n) is 1.34. The Kier molecular flexibility index (Phi) is 15.1. The molecule has 90 valence electrons.